The SMILES string of the molecule is COC(=O)CCCCCCCC(=O)N(CC(C)C)CC(C)C. The van der Waals surface area contributed by atoms with Crippen molar-refractivity contribution < 1.29 is 14.3 Å². The quantitative estimate of drug-likeness (QED) is 0.404. The number of hydrogen-bond donors (Lipinski definition) is 0. The molecule has 0 aliphatic carbocycles. The summed E-state index contributed by atoms with van der Waals surface area (Å²) < 4.78 is 4.61. The Morgan fingerprint density at radius 3 is 1.73 bits per heavy atom. The van der Waals surface area contributed by atoms with E-state index in [-0.39, 0.29) is 11.9 Å². The minimum atomic E-state index is -0.131. The number of carbonyl (C=O) groups excluding carboxylic acids is 2. The fourth-order valence-electron chi connectivity index (χ4n) is 2.50. The summed E-state index contributed by atoms with van der Waals surface area (Å²) in [6.07, 6.45) is 6.16. The molecule has 0 unspecified atom stereocenters. The number of amides is 1. The normalized spacial score (nSPS) is 11.0. The number of methoxy groups -OCH3 is 1. The van der Waals surface area contributed by atoms with E-state index in [1.807, 2.05) is 4.90 Å². The Morgan fingerprint density at radius 2 is 1.27 bits per heavy atom. The maximum atomic E-state index is 12.3. The van der Waals surface area contributed by atoms with Gasteiger partial charge in [-0.3, -0.25) is 9.59 Å². The molecule has 0 aliphatic heterocycles. The van der Waals surface area contributed by atoms with E-state index in [0.717, 1.165) is 45.2 Å². The van der Waals surface area contributed by atoms with Crippen LogP contribution in [-0.2, 0) is 14.3 Å². The third kappa shape index (κ3) is 11.6. The molecular weight excluding hydrogens is 278 g/mol. The van der Waals surface area contributed by atoms with Crippen molar-refractivity contribution in [1.82, 2.24) is 4.90 Å². The van der Waals surface area contributed by atoms with Gasteiger partial charge in [0.15, 0.2) is 0 Å². The highest BCUT2D eigenvalue weighted by Gasteiger charge is 2.15. The van der Waals surface area contributed by atoms with E-state index in [4.69, 9.17) is 0 Å². The largest absolute Gasteiger partial charge is 0.469 e. The first-order valence-corrected chi connectivity index (χ1v) is 8.71. The number of ether oxygens (including phenoxy) is 1. The maximum absolute atomic E-state index is 12.3. The average molecular weight is 313 g/mol. The Hall–Kier alpha value is -1.06. The Kier molecular flexibility index (Phi) is 11.9. The molecule has 0 aromatic rings. The molecule has 22 heavy (non-hydrogen) atoms. The van der Waals surface area contributed by atoms with Crippen molar-refractivity contribution in [2.45, 2.75) is 72.6 Å². The van der Waals surface area contributed by atoms with Gasteiger partial charge in [0.2, 0.25) is 5.91 Å². The van der Waals surface area contributed by atoms with Crippen LogP contribution in [0.1, 0.15) is 72.6 Å². The average Bonchev–Trinajstić information content (AvgIpc) is 2.43. The Balaban J connectivity index is 3.82. The predicted octanol–water partition coefficient (Wildman–Crippen LogP) is 4.03. The van der Waals surface area contributed by atoms with Crippen LogP contribution >= 0.6 is 0 Å². The molecule has 0 saturated heterocycles. The second-order valence-corrected chi connectivity index (χ2v) is 6.93. The Labute approximate surface area is 136 Å². The molecule has 0 aromatic carbocycles. The summed E-state index contributed by atoms with van der Waals surface area (Å²) in [5, 5.41) is 0. The molecule has 0 bridgehead atoms. The van der Waals surface area contributed by atoms with Crippen LogP contribution in [0.4, 0.5) is 0 Å². The van der Waals surface area contributed by atoms with Gasteiger partial charge in [-0.25, -0.2) is 0 Å². The predicted molar refractivity (Wildman–Crippen MR) is 90.6 cm³/mol. The molecule has 4 nitrogen and oxygen atoms in total. The highest BCUT2D eigenvalue weighted by atomic mass is 16.5. The zero-order valence-corrected chi connectivity index (χ0v) is 15.2. The summed E-state index contributed by atoms with van der Waals surface area (Å²) in [6.45, 7) is 10.3. The molecule has 0 atom stereocenters. The van der Waals surface area contributed by atoms with Crippen molar-refractivity contribution in [1.29, 1.82) is 0 Å². The smallest absolute Gasteiger partial charge is 0.305 e. The number of hydrogen-bond acceptors (Lipinski definition) is 3. The van der Waals surface area contributed by atoms with Gasteiger partial charge in [-0.1, -0.05) is 47.0 Å². The highest BCUT2D eigenvalue weighted by molar-refractivity contribution is 5.76. The van der Waals surface area contributed by atoms with Crippen LogP contribution in [0.2, 0.25) is 0 Å². The molecule has 0 fully saturated rings. The maximum Gasteiger partial charge on any atom is 0.305 e. The van der Waals surface area contributed by atoms with Crippen LogP contribution in [0.25, 0.3) is 0 Å². The summed E-state index contributed by atoms with van der Waals surface area (Å²) in [7, 11) is 1.42. The molecule has 1 amide bonds. The lowest BCUT2D eigenvalue weighted by molar-refractivity contribution is -0.140. The molecule has 0 rings (SSSR count). The molecule has 0 heterocycles. The molecule has 130 valence electrons. The number of unbranched alkanes of at least 4 members (excludes halogenated alkanes) is 4. The summed E-state index contributed by atoms with van der Waals surface area (Å²) in [6, 6.07) is 0. The lowest BCUT2D eigenvalue weighted by Crippen LogP contribution is -2.36. The van der Waals surface area contributed by atoms with E-state index < -0.39 is 0 Å². The van der Waals surface area contributed by atoms with Gasteiger partial charge in [0.25, 0.3) is 0 Å². The Bertz CT molecular complexity index is 303. The number of esters is 1. The van der Waals surface area contributed by atoms with Gasteiger partial charge in [-0.05, 0) is 24.7 Å². The van der Waals surface area contributed by atoms with Crippen molar-refractivity contribution >= 4 is 11.9 Å². The second kappa shape index (κ2) is 12.5. The van der Waals surface area contributed by atoms with Gasteiger partial charge in [-0.15, -0.1) is 0 Å². The van der Waals surface area contributed by atoms with Crippen molar-refractivity contribution in [3.63, 3.8) is 0 Å². The van der Waals surface area contributed by atoms with Gasteiger partial charge >= 0.3 is 5.97 Å². The molecule has 0 aliphatic rings. The van der Waals surface area contributed by atoms with E-state index in [0.29, 0.717) is 24.7 Å². The number of nitrogens with zero attached hydrogens (tertiary/aromatic N) is 1. The van der Waals surface area contributed by atoms with E-state index in [1.165, 1.54) is 7.11 Å². The van der Waals surface area contributed by atoms with Crippen LogP contribution in [0.5, 0.6) is 0 Å². The van der Waals surface area contributed by atoms with Gasteiger partial charge in [0.1, 0.15) is 0 Å². The van der Waals surface area contributed by atoms with E-state index in [1.54, 1.807) is 0 Å². The third-order valence-electron chi connectivity index (χ3n) is 3.52. The summed E-state index contributed by atoms with van der Waals surface area (Å²) in [5.74, 6) is 1.19. The number of rotatable bonds is 12. The molecule has 4 heteroatoms. The molecular formula is C18H35NO3. The zero-order valence-electron chi connectivity index (χ0n) is 15.2. The molecule has 0 radical (unpaired) electrons. The lowest BCUT2D eigenvalue weighted by atomic mass is 10.1. The second-order valence-electron chi connectivity index (χ2n) is 6.93. The number of carbonyl (C=O) groups is 2. The first kappa shape index (κ1) is 20.9. The van der Waals surface area contributed by atoms with Crippen LogP contribution in [0.3, 0.4) is 0 Å². The fraction of sp³-hybridized carbons (Fsp3) is 0.889. The standard InChI is InChI=1S/C18H35NO3/c1-15(2)13-19(14-16(3)4)17(20)11-9-7-6-8-10-12-18(21)22-5/h15-16H,6-14H2,1-5H3. The monoisotopic (exact) mass is 313 g/mol. The molecule has 0 aromatic heterocycles. The van der Waals surface area contributed by atoms with Gasteiger partial charge in [-0.2, -0.15) is 0 Å². The summed E-state index contributed by atoms with van der Waals surface area (Å²) >= 11 is 0. The van der Waals surface area contributed by atoms with E-state index >= 15 is 0 Å². The van der Waals surface area contributed by atoms with Crippen molar-refractivity contribution in [3.05, 3.63) is 0 Å². The van der Waals surface area contributed by atoms with Crippen LogP contribution < -0.4 is 0 Å². The zero-order chi connectivity index (χ0) is 17.0. The van der Waals surface area contributed by atoms with E-state index in [9.17, 15) is 9.59 Å². The molecule has 0 N–H and O–H groups in total. The fourth-order valence-corrected chi connectivity index (χ4v) is 2.50. The highest BCUT2D eigenvalue weighted by Crippen LogP contribution is 2.11. The summed E-state index contributed by atoms with van der Waals surface area (Å²) in [5.41, 5.74) is 0. The third-order valence-corrected chi connectivity index (χ3v) is 3.52. The Morgan fingerprint density at radius 1 is 0.818 bits per heavy atom. The van der Waals surface area contributed by atoms with E-state index in [2.05, 4.69) is 32.4 Å². The summed E-state index contributed by atoms with van der Waals surface area (Å²) in [4.78, 5) is 25.3. The molecule has 0 saturated carbocycles. The van der Waals surface area contributed by atoms with Crippen LogP contribution in [-0.4, -0.2) is 37.0 Å². The minimum Gasteiger partial charge on any atom is -0.469 e. The first-order chi connectivity index (χ1) is 10.4. The van der Waals surface area contributed by atoms with Crippen LogP contribution in [0.15, 0.2) is 0 Å². The van der Waals surface area contributed by atoms with Gasteiger partial charge < -0.3 is 9.64 Å². The topological polar surface area (TPSA) is 46.6 Å². The van der Waals surface area contributed by atoms with Crippen molar-refractivity contribution in [2.24, 2.45) is 11.8 Å². The van der Waals surface area contributed by atoms with Crippen LogP contribution in [0, 0.1) is 11.8 Å². The van der Waals surface area contributed by atoms with Gasteiger partial charge in [0, 0.05) is 25.9 Å². The van der Waals surface area contributed by atoms with Crippen molar-refractivity contribution in [2.75, 3.05) is 20.2 Å². The van der Waals surface area contributed by atoms with Crippen molar-refractivity contribution in [3.8, 4) is 0 Å². The lowest BCUT2D eigenvalue weighted by Gasteiger charge is -2.26. The minimum absolute atomic E-state index is 0.131. The van der Waals surface area contributed by atoms with Gasteiger partial charge in [0.05, 0.1) is 7.11 Å². The molecule has 0 spiro atoms. The first-order valence-electron chi connectivity index (χ1n) is 8.71.